The van der Waals surface area contributed by atoms with Gasteiger partial charge >= 0.3 is 0 Å². The molecule has 0 spiro atoms. The summed E-state index contributed by atoms with van der Waals surface area (Å²) >= 11 is 6.39. The highest BCUT2D eigenvalue weighted by Gasteiger charge is 2.35. The molecule has 0 radical (unpaired) electrons. The van der Waals surface area contributed by atoms with Crippen molar-refractivity contribution in [2.45, 2.75) is 51.1 Å². The van der Waals surface area contributed by atoms with Crippen LogP contribution in [-0.2, 0) is 6.42 Å². The third-order valence-electron chi connectivity index (χ3n) is 6.53. The zero-order valence-corrected chi connectivity index (χ0v) is 17.8. The van der Waals surface area contributed by atoms with Crippen molar-refractivity contribution in [1.29, 1.82) is 0 Å². The number of hydrogen-bond donors (Lipinski definition) is 0. The maximum Gasteiger partial charge on any atom is 0.161 e. The number of nitrogens with zero attached hydrogens (tertiary/aromatic N) is 1. The van der Waals surface area contributed by atoms with Gasteiger partial charge in [-0.15, -0.1) is 0 Å². The van der Waals surface area contributed by atoms with Crippen LogP contribution in [0.15, 0.2) is 36.4 Å². The van der Waals surface area contributed by atoms with Gasteiger partial charge in [-0.05, 0) is 79.0 Å². The van der Waals surface area contributed by atoms with Gasteiger partial charge in [-0.1, -0.05) is 30.7 Å². The molecule has 0 aromatic heterocycles. The predicted octanol–water partition coefficient (Wildman–Crippen LogP) is 5.88. The van der Waals surface area contributed by atoms with Gasteiger partial charge in [0.15, 0.2) is 11.5 Å². The molecule has 0 saturated heterocycles. The van der Waals surface area contributed by atoms with Gasteiger partial charge in [-0.2, -0.15) is 0 Å². The summed E-state index contributed by atoms with van der Waals surface area (Å²) in [6.07, 6.45) is 6.24. The maximum absolute atomic E-state index is 6.39. The first-order valence-electron chi connectivity index (χ1n) is 10.4. The fourth-order valence-electron chi connectivity index (χ4n) is 4.98. The minimum Gasteiger partial charge on any atom is -0.493 e. The molecule has 2 aromatic rings. The third kappa shape index (κ3) is 3.75. The zero-order chi connectivity index (χ0) is 19.7. The second-order valence-electron chi connectivity index (χ2n) is 8.27. The van der Waals surface area contributed by atoms with Gasteiger partial charge in [-0.3, -0.25) is 4.90 Å². The number of fused-ring (bicyclic) bond motifs is 1. The molecule has 0 bridgehead atoms. The van der Waals surface area contributed by atoms with Crippen molar-refractivity contribution in [1.82, 2.24) is 4.90 Å². The van der Waals surface area contributed by atoms with Crippen LogP contribution >= 0.6 is 11.6 Å². The van der Waals surface area contributed by atoms with E-state index in [1.807, 2.05) is 6.07 Å². The van der Waals surface area contributed by atoms with Gasteiger partial charge in [0.25, 0.3) is 0 Å². The van der Waals surface area contributed by atoms with E-state index >= 15 is 0 Å². The molecule has 150 valence electrons. The van der Waals surface area contributed by atoms with Gasteiger partial charge in [0.1, 0.15) is 0 Å². The molecule has 28 heavy (non-hydrogen) atoms. The number of hydrogen-bond acceptors (Lipinski definition) is 3. The first-order chi connectivity index (χ1) is 13.6. The van der Waals surface area contributed by atoms with Crippen LogP contribution in [0.1, 0.15) is 55.3 Å². The second-order valence-corrected chi connectivity index (χ2v) is 8.70. The van der Waals surface area contributed by atoms with Crippen LogP contribution in [0.25, 0.3) is 0 Å². The van der Waals surface area contributed by atoms with Gasteiger partial charge in [-0.25, -0.2) is 0 Å². The topological polar surface area (TPSA) is 21.7 Å². The first kappa shape index (κ1) is 19.6. The van der Waals surface area contributed by atoms with Crippen LogP contribution < -0.4 is 9.47 Å². The number of ether oxygens (including phenoxy) is 2. The molecule has 3 nitrogen and oxygen atoms in total. The van der Waals surface area contributed by atoms with E-state index in [1.54, 1.807) is 14.2 Å². The summed E-state index contributed by atoms with van der Waals surface area (Å²) in [7, 11) is 3.42. The molecule has 1 unspecified atom stereocenters. The molecule has 0 amide bonds. The average Bonchev–Trinajstić information content (AvgIpc) is 2.72. The molecule has 1 aliphatic carbocycles. The Morgan fingerprint density at radius 1 is 0.964 bits per heavy atom. The van der Waals surface area contributed by atoms with E-state index in [9.17, 15) is 0 Å². The second kappa shape index (κ2) is 8.34. The zero-order valence-electron chi connectivity index (χ0n) is 17.1. The van der Waals surface area contributed by atoms with Crippen LogP contribution in [0.3, 0.4) is 0 Å². The normalized spacial score (nSPS) is 25.2. The Bertz CT molecular complexity index is 829. The van der Waals surface area contributed by atoms with Gasteiger partial charge in [0, 0.05) is 17.6 Å². The minimum atomic E-state index is 0.209. The van der Waals surface area contributed by atoms with Crippen molar-refractivity contribution in [2.75, 3.05) is 20.8 Å². The highest BCUT2D eigenvalue weighted by molar-refractivity contribution is 6.30. The van der Waals surface area contributed by atoms with Crippen molar-refractivity contribution in [3.63, 3.8) is 0 Å². The van der Waals surface area contributed by atoms with Crippen LogP contribution in [0.2, 0.25) is 5.02 Å². The van der Waals surface area contributed by atoms with E-state index in [0.29, 0.717) is 6.04 Å². The average molecular weight is 400 g/mol. The Morgan fingerprint density at radius 3 is 2.36 bits per heavy atom. The largest absolute Gasteiger partial charge is 0.493 e. The lowest BCUT2D eigenvalue weighted by Crippen LogP contribution is -2.44. The molecular weight excluding hydrogens is 370 g/mol. The highest BCUT2D eigenvalue weighted by Crippen LogP contribution is 2.44. The molecule has 0 N–H and O–H groups in total. The summed E-state index contributed by atoms with van der Waals surface area (Å²) in [6, 6.07) is 13.5. The Balaban J connectivity index is 1.79. The van der Waals surface area contributed by atoms with E-state index in [1.165, 1.54) is 42.4 Å². The molecule has 2 aliphatic rings. The Morgan fingerprint density at radius 2 is 1.68 bits per heavy atom. The molecule has 1 heterocycles. The van der Waals surface area contributed by atoms with E-state index in [2.05, 4.69) is 42.2 Å². The van der Waals surface area contributed by atoms with Crippen molar-refractivity contribution in [2.24, 2.45) is 5.92 Å². The van der Waals surface area contributed by atoms with Crippen LogP contribution in [0.5, 0.6) is 11.5 Å². The van der Waals surface area contributed by atoms with Gasteiger partial charge in [0.05, 0.1) is 20.3 Å². The molecule has 2 aromatic carbocycles. The molecule has 4 heteroatoms. The van der Waals surface area contributed by atoms with E-state index in [-0.39, 0.29) is 6.04 Å². The Kier molecular flexibility index (Phi) is 5.84. The fraction of sp³-hybridized carbons (Fsp3) is 0.500. The molecule has 1 saturated carbocycles. The summed E-state index contributed by atoms with van der Waals surface area (Å²) in [5.74, 6) is 2.46. The summed E-state index contributed by atoms with van der Waals surface area (Å²) in [5, 5.41) is 0.794. The number of halogens is 1. The van der Waals surface area contributed by atoms with Gasteiger partial charge in [0.2, 0.25) is 0 Å². The van der Waals surface area contributed by atoms with Crippen molar-refractivity contribution < 1.29 is 9.47 Å². The summed E-state index contributed by atoms with van der Waals surface area (Å²) in [6.45, 7) is 3.45. The lowest BCUT2D eigenvalue weighted by molar-refractivity contribution is 0.102. The highest BCUT2D eigenvalue weighted by atomic mass is 35.5. The van der Waals surface area contributed by atoms with Crippen molar-refractivity contribution in [3.8, 4) is 11.5 Å². The monoisotopic (exact) mass is 399 g/mol. The lowest BCUT2D eigenvalue weighted by atomic mass is 9.81. The molecule has 1 atom stereocenters. The third-order valence-corrected chi connectivity index (χ3v) is 6.76. The number of methoxy groups -OCH3 is 2. The maximum atomic E-state index is 6.39. The molecular formula is C24H30ClNO2. The van der Waals surface area contributed by atoms with Crippen molar-refractivity contribution in [3.05, 3.63) is 58.1 Å². The predicted molar refractivity (Wildman–Crippen MR) is 115 cm³/mol. The quantitative estimate of drug-likeness (QED) is 0.640. The van der Waals surface area contributed by atoms with E-state index < -0.39 is 0 Å². The number of rotatable bonds is 4. The van der Waals surface area contributed by atoms with Crippen LogP contribution in [0, 0.1) is 5.92 Å². The SMILES string of the molecule is COc1cc2c(cc1OC)C(c1cccc(Cl)c1)N(C1CCC(C)CC1)CC2. The lowest BCUT2D eigenvalue weighted by Gasteiger charge is -2.45. The Hall–Kier alpha value is -1.71. The Labute approximate surface area is 173 Å². The van der Waals surface area contributed by atoms with Crippen molar-refractivity contribution >= 4 is 11.6 Å². The van der Waals surface area contributed by atoms with E-state index in [0.717, 1.165) is 35.4 Å². The summed E-state index contributed by atoms with van der Waals surface area (Å²) in [4.78, 5) is 2.71. The van der Waals surface area contributed by atoms with Crippen LogP contribution in [0.4, 0.5) is 0 Å². The molecule has 4 rings (SSSR count). The summed E-state index contributed by atoms with van der Waals surface area (Å²) < 4.78 is 11.2. The minimum absolute atomic E-state index is 0.209. The fourth-order valence-corrected chi connectivity index (χ4v) is 5.18. The van der Waals surface area contributed by atoms with Gasteiger partial charge < -0.3 is 9.47 Å². The van der Waals surface area contributed by atoms with E-state index in [4.69, 9.17) is 21.1 Å². The smallest absolute Gasteiger partial charge is 0.161 e. The molecule has 1 aliphatic heterocycles. The molecule has 1 fully saturated rings. The standard InChI is InChI=1S/C24H30ClNO2/c1-16-7-9-20(10-8-16)26-12-11-17-14-22(27-2)23(28-3)15-21(17)24(26)18-5-4-6-19(25)13-18/h4-6,13-16,20,24H,7-12H2,1-3H3. The first-order valence-corrected chi connectivity index (χ1v) is 10.7. The summed E-state index contributed by atoms with van der Waals surface area (Å²) in [5.41, 5.74) is 3.94. The number of benzene rings is 2. The van der Waals surface area contributed by atoms with Crippen LogP contribution in [-0.4, -0.2) is 31.7 Å².